The summed E-state index contributed by atoms with van der Waals surface area (Å²) in [5.41, 5.74) is 3.31. The molecule has 1 aromatic heterocycles. The monoisotopic (exact) mass is 515 g/mol. The minimum Gasteiger partial charge on any atom is -0.496 e. The first kappa shape index (κ1) is 26.4. The molecule has 1 fully saturated rings. The Hall–Kier alpha value is -4.62. The fourth-order valence-corrected chi connectivity index (χ4v) is 4.17. The molecule has 1 saturated heterocycles. The number of benzene rings is 2. The molecule has 3 aromatic rings. The molecule has 0 aliphatic carbocycles. The van der Waals surface area contributed by atoms with Crippen molar-refractivity contribution in [1.29, 1.82) is 5.26 Å². The summed E-state index contributed by atoms with van der Waals surface area (Å²) >= 11 is 0. The van der Waals surface area contributed by atoms with Crippen LogP contribution in [0.4, 0.5) is 33.0 Å². The second-order valence-electron chi connectivity index (χ2n) is 8.84. The van der Waals surface area contributed by atoms with E-state index in [-0.39, 0.29) is 12.5 Å². The third-order valence-corrected chi connectivity index (χ3v) is 6.35. The molecule has 1 aliphatic rings. The summed E-state index contributed by atoms with van der Waals surface area (Å²) in [5.74, 6) is 0.100. The van der Waals surface area contributed by atoms with Gasteiger partial charge in [0, 0.05) is 56.2 Å². The number of halogens is 1. The van der Waals surface area contributed by atoms with E-state index in [0.717, 1.165) is 31.9 Å². The largest absolute Gasteiger partial charge is 0.496 e. The summed E-state index contributed by atoms with van der Waals surface area (Å²) in [4.78, 5) is 21.1. The number of nitrogens with zero attached hydrogens (tertiary/aromatic N) is 4. The van der Waals surface area contributed by atoms with Crippen LogP contribution in [0.3, 0.4) is 0 Å². The molecule has 3 N–H and O–H groups in total. The highest BCUT2D eigenvalue weighted by Gasteiger charge is 2.17. The van der Waals surface area contributed by atoms with Gasteiger partial charge in [-0.1, -0.05) is 12.6 Å². The minimum absolute atomic E-state index is 0.105. The number of carbonyl (C=O) groups excluding carboxylic acids is 1. The van der Waals surface area contributed by atoms with E-state index in [1.54, 1.807) is 18.2 Å². The highest BCUT2D eigenvalue weighted by molar-refractivity contribution is 6.02. The Bertz CT molecular complexity index is 1360. The SMILES string of the molecule is C=CC(=O)Nc1cc(N2CCN(C)CC2)ccc1Nc1cc(NCc2c(F)cccc2OC)c(C#N)cn1. The van der Waals surface area contributed by atoms with Gasteiger partial charge in [0.25, 0.3) is 0 Å². The van der Waals surface area contributed by atoms with Crippen molar-refractivity contribution in [1.82, 2.24) is 9.88 Å². The maximum Gasteiger partial charge on any atom is 0.247 e. The van der Waals surface area contributed by atoms with E-state index in [0.29, 0.717) is 39.8 Å². The number of likely N-dealkylation sites (N-methyl/N-ethyl adjacent to an activating group) is 1. The predicted octanol–water partition coefficient (Wildman–Crippen LogP) is 4.33. The number of piperazine rings is 1. The number of nitrogens with one attached hydrogen (secondary N) is 3. The molecule has 0 radical (unpaired) electrons. The Morgan fingerprint density at radius 1 is 1.18 bits per heavy atom. The number of aromatic nitrogens is 1. The van der Waals surface area contributed by atoms with Gasteiger partial charge in [-0.2, -0.15) is 5.26 Å². The van der Waals surface area contributed by atoms with Crippen molar-refractivity contribution < 1.29 is 13.9 Å². The lowest BCUT2D eigenvalue weighted by Gasteiger charge is -2.34. The van der Waals surface area contributed by atoms with Crippen LogP contribution < -0.4 is 25.6 Å². The summed E-state index contributed by atoms with van der Waals surface area (Å²) in [6, 6.07) is 14.2. The van der Waals surface area contributed by atoms with Crippen molar-refractivity contribution in [2.75, 3.05) is 61.2 Å². The number of anilines is 5. The highest BCUT2D eigenvalue weighted by Crippen LogP contribution is 2.32. The van der Waals surface area contributed by atoms with Gasteiger partial charge >= 0.3 is 0 Å². The quantitative estimate of drug-likeness (QED) is 0.362. The molecule has 1 amide bonds. The molecule has 9 nitrogen and oxygen atoms in total. The first-order chi connectivity index (χ1) is 18.4. The lowest BCUT2D eigenvalue weighted by atomic mass is 10.1. The van der Waals surface area contributed by atoms with Gasteiger partial charge in [0.05, 0.1) is 29.7 Å². The number of amides is 1. The summed E-state index contributed by atoms with van der Waals surface area (Å²) in [5, 5.41) is 18.8. The van der Waals surface area contributed by atoms with E-state index in [1.807, 2.05) is 18.2 Å². The van der Waals surface area contributed by atoms with Crippen molar-refractivity contribution >= 4 is 34.5 Å². The standard InChI is InChI=1S/C28H30FN7O2/c1-4-28(37)34-25-14-20(36-12-10-35(2)11-13-36)8-9-23(25)33-27-15-24(19(16-30)17-32-27)31-18-21-22(29)6-5-7-26(21)38-3/h4-9,14-15,17H,1,10-13,18H2,2-3H3,(H,34,37)(H2,31,32,33). The van der Waals surface area contributed by atoms with Gasteiger partial charge in [0.1, 0.15) is 23.5 Å². The minimum atomic E-state index is -0.411. The number of hydrogen-bond donors (Lipinski definition) is 3. The number of pyridine rings is 1. The van der Waals surface area contributed by atoms with E-state index < -0.39 is 5.82 Å². The molecular weight excluding hydrogens is 485 g/mol. The van der Waals surface area contributed by atoms with E-state index in [9.17, 15) is 14.4 Å². The van der Waals surface area contributed by atoms with Crippen LogP contribution in [0.2, 0.25) is 0 Å². The fraction of sp³-hybridized carbons (Fsp3) is 0.250. The van der Waals surface area contributed by atoms with Crippen molar-refractivity contribution in [2.45, 2.75) is 6.54 Å². The number of hydrogen-bond acceptors (Lipinski definition) is 8. The fourth-order valence-electron chi connectivity index (χ4n) is 4.17. The van der Waals surface area contributed by atoms with Crippen molar-refractivity contribution in [3.05, 3.63) is 78.3 Å². The van der Waals surface area contributed by atoms with Gasteiger partial charge in [0.2, 0.25) is 5.91 Å². The van der Waals surface area contributed by atoms with Crippen molar-refractivity contribution in [2.24, 2.45) is 0 Å². The molecular formula is C28H30FN7O2. The molecule has 196 valence electrons. The third-order valence-electron chi connectivity index (χ3n) is 6.35. The Balaban J connectivity index is 1.59. The van der Waals surface area contributed by atoms with E-state index >= 15 is 0 Å². The van der Waals surface area contributed by atoms with Crippen molar-refractivity contribution in [3.8, 4) is 11.8 Å². The molecule has 0 saturated carbocycles. The molecule has 0 atom stereocenters. The van der Waals surface area contributed by atoms with Crippen LogP contribution in [0, 0.1) is 17.1 Å². The number of rotatable bonds is 9. The van der Waals surface area contributed by atoms with Gasteiger partial charge in [-0.3, -0.25) is 4.79 Å². The molecule has 10 heteroatoms. The molecule has 0 bridgehead atoms. The first-order valence-corrected chi connectivity index (χ1v) is 12.1. The summed E-state index contributed by atoms with van der Waals surface area (Å²) in [7, 11) is 3.58. The van der Waals surface area contributed by atoms with Crippen LogP contribution in [0.15, 0.2) is 61.3 Å². The number of ether oxygens (including phenoxy) is 1. The van der Waals surface area contributed by atoms with E-state index in [4.69, 9.17) is 4.74 Å². The van der Waals surface area contributed by atoms with Gasteiger partial charge in [-0.25, -0.2) is 9.37 Å². The van der Waals surface area contributed by atoms with Crippen LogP contribution in [-0.2, 0) is 11.3 Å². The van der Waals surface area contributed by atoms with E-state index in [2.05, 4.69) is 50.4 Å². The lowest BCUT2D eigenvalue weighted by Crippen LogP contribution is -2.44. The Labute approximate surface area is 221 Å². The van der Waals surface area contributed by atoms with Crippen LogP contribution in [0.5, 0.6) is 5.75 Å². The summed E-state index contributed by atoms with van der Waals surface area (Å²) < 4.78 is 19.7. The maximum absolute atomic E-state index is 14.4. The average Bonchev–Trinajstić information content (AvgIpc) is 2.93. The zero-order valence-electron chi connectivity index (χ0n) is 21.4. The molecule has 2 aromatic carbocycles. The Morgan fingerprint density at radius 2 is 1.97 bits per heavy atom. The van der Waals surface area contributed by atoms with Crippen LogP contribution in [0.25, 0.3) is 0 Å². The zero-order chi connectivity index (χ0) is 27.1. The highest BCUT2D eigenvalue weighted by atomic mass is 19.1. The molecule has 1 aliphatic heterocycles. The summed E-state index contributed by atoms with van der Waals surface area (Å²) in [6.07, 6.45) is 2.65. The summed E-state index contributed by atoms with van der Waals surface area (Å²) in [6.45, 7) is 7.34. The van der Waals surface area contributed by atoms with Gasteiger partial charge in [0.15, 0.2) is 0 Å². The van der Waals surface area contributed by atoms with Gasteiger partial charge in [-0.15, -0.1) is 0 Å². The topological polar surface area (TPSA) is 106 Å². The van der Waals surface area contributed by atoms with Gasteiger partial charge < -0.3 is 30.5 Å². The molecule has 0 spiro atoms. The second-order valence-corrected chi connectivity index (χ2v) is 8.84. The van der Waals surface area contributed by atoms with Crippen molar-refractivity contribution in [3.63, 3.8) is 0 Å². The first-order valence-electron chi connectivity index (χ1n) is 12.1. The van der Waals surface area contributed by atoms with Crippen LogP contribution in [0.1, 0.15) is 11.1 Å². The zero-order valence-corrected chi connectivity index (χ0v) is 21.4. The molecule has 4 rings (SSSR count). The average molecular weight is 516 g/mol. The Morgan fingerprint density at radius 3 is 2.68 bits per heavy atom. The number of methoxy groups -OCH3 is 1. The number of nitriles is 1. The second kappa shape index (κ2) is 12.1. The lowest BCUT2D eigenvalue weighted by molar-refractivity contribution is -0.111. The molecule has 2 heterocycles. The smallest absolute Gasteiger partial charge is 0.247 e. The third kappa shape index (κ3) is 6.19. The normalized spacial score (nSPS) is 13.4. The predicted molar refractivity (Wildman–Crippen MR) is 147 cm³/mol. The maximum atomic E-state index is 14.4. The molecule has 38 heavy (non-hydrogen) atoms. The number of carbonyl (C=O) groups is 1. The Kier molecular flexibility index (Phi) is 8.40. The van der Waals surface area contributed by atoms with Gasteiger partial charge in [-0.05, 0) is 43.5 Å². The van der Waals surface area contributed by atoms with Crippen LogP contribution >= 0.6 is 0 Å². The molecule has 0 unspecified atom stereocenters. The van der Waals surface area contributed by atoms with Crippen LogP contribution in [-0.4, -0.2) is 56.1 Å². The van der Waals surface area contributed by atoms with E-state index in [1.165, 1.54) is 25.4 Å².